The van der Waals surface area contributed by atoms with Crippen molar-refractivity contribution in [2.75, 3.05) is 11.1 Å². The van der Waals surface area contributed by atoms with Gasteiger partial charge in [0.15, 0.2) is 0 Å². The van der Waals surface area contributed by atoms with Gasteiger partial charge in [0.25, 0.3) is 11.8 Å². The molecule has 0 atom stereocenters. The maximum atomic E-state index is 13.2. The lowest BCUT2D eigenvalue weighted by atomic mass is 9.96. The SMILES string of the molecule is NC(=O)c1c(-c2ccc(Cl)cc2)csc1NC(=O)c1sc2nc3c(cc2c1N)CCCCCC3. The number of hydrogen-bond donors (Lipinski definition) is 3. The number of pyridine rings is 1. The highest BCUT2D eigenvalue weighted by Gasteiger charge is 2.24. The van der Waals surface area contributed by atoms with E-state index in [0.717, 1.165) is 47.2 Å². The summed E-state index contributed by atoms with van der Waals surface area (Å²) in [7, 11) is 0. The van der Waals surface area contributed by atoms with Gasteiger partial charge in [0.2, 0.25) is 0 Å². The number of aromatic nitrogens is 1. The van der Waals surface area contributed by atoms with Crippen LogP contribution in [-0.2, 0) is 12.8 Å². The van der Waals surface area contributed by atoms with Crippen molar-refractivity contribution in [1.29, 1.82) is 0 Å². The van der Waals surface area contributed by atoms with Crippen molar-refractivity contribution in [3.8, 4) is 11.1 Å². The predicted molar refractivity (Wildman–Crippen MR) is 141 cm³/mol. The molecule has 5 rings (SSSR count). The quantitative estimate of drug-likeness (QED) is 0.300. The van der Waals surface area contributed by atoms with Gasteiger partial charge in [-0.2, -0.15) is 0 Å². The Hall–Kier alpha value is -2.94. The number of benzene rings is 1. The van der Waals surface area contributed by atoms with E-state index in [2.05, 4.69) is 11.4 Å². The molecular weight excluding hydrogens is 488 g/mol. The number of primary amides is 1. The summed E-state index contributed by atoms with van der Waals surface area (Å²) in [6.45, 7) is 0. The minimum Gasteiger partial charge on any atom is -0.397 e. The molecule has 0 saturated heterocycles. The Labute approximate surface area is 209 Å². The van der Waals surface area contributed by atoms with Gasteiger partial charge in [-0.3, -0.25) is 9.59 Å². The van der Waals surface area contributed by atoms with E-state index < -0.39 is 5.91 Å². The molecule has 34 heavy (non-hydrogen) atoms. The predicted octanol–water partition coefficient (Wildman–Crippen LogP) is 6.27. The first-order valence-corrected chi connectivity index (χ1v) is 13.2. The van der Waals surface area contributed by atoms with E-state index in [1.54, 1.807) is 17.5 Å². The molecule has 9 heteroatoms. The zero-order valence-corrected chi connectivity index (χ0v) is 20.7. The van der Waals surface area contributed by atoms with E-state index in [0.29, 0.717) is 26.2 Å². The molecule has 5 N–H and O–H groups in total. The number of nitrogens with two attached hydrogens (primary N) is 2. The van der Waals surface area contributed by atoms with Crippen molar-refractivity contribution in [3.63, 3.8) is 0 Å². The maximum Gasteiger partial charge on any atom is 0.268 e. The Morgan fingerprint density at radius 3 is 2.53 bits per heavy atom. The molecule has 1 aliphatic rings. The highest BCUT2D eigenvalue weighted by atomic mass is 35.5. The van der Waals surface area contributed by atoms with Crippen LogP contribution in [0.4, 0.5) is 10.7 Å². The number of fused-ring (bicyclic) bond motifs is 2. The zero-order chi connectivity index (χ0) is 23.8. The molecule has 3 aromatic heterocycles. The molecule has 2 amide bonds. The number of rotatable bonds is 4. The minimum absolute atomic E-state index is 0.265. The van der Waals surface area contributed by atoms with Gasteiger partial charge in [0, 0.05) is 27.0 Å². The first-order chi connectivity index (χ1) is 16.4. The molecule has 0 bridgehead atoms. The molecule has 6 nitrogen and oxygen atoms in total. The number of carbonyl (C=O) groups excluding carboxylic acids is 2. The molecule has 1 aromatic carbocycles. The number of hydrogen-bond acceptors (Lipinski definition) is 6. The van der Waals surface area contributed by atoms with E-state index in [1.807, 2.05) is 12.1 Å². The summed E-state index contributed by atoms with van der Waals surface area (Å²) in [5.74, 6) is -0.993. The molecule has 0 fully saturated rings. The monoisotopic (exact) mass is 510 g/mol. The number of nitrogens with one attached hydrogen (secondary N) is 1. The number of thiophene rings is 2. The average molecular weight is 511 g/mol. The van der Waals surface area contributed by atoms with Crippen molar-refractivity contribution >= 4 is 67.0 Å². The molecule has 0 radical (unpaired) electrons. The lowest BCUT2D eigenvalue weighted by molar-refractivity contribution is 0.100. The highest BCUT2D eigenvalue weighted by Crippen LogP contribution is 2.38. The average Bonchev–Trinajstić information content (AvgIpc) is 3.35. The smallest absolute Gasteiger partial charge is 0.268 e. The van der Waals surface area contributed by atoms with E-state index in [-0.39, 0.29) is 11.5 Å². The second-order valence-electron chi connectivity index (χ2n) is 8.38. The van der Waals surface area contributed by atoms with Gasteiger partial charge in [-0.15, -0.1) is 22.7 Å². The summed E-state index contributed by atoms with van der Waals surface area (Å²) in [5, 5.41) is 6.45. The van der Waals surface area contributed by atoms with Crippen LogP contribution in [0.5, 0.6) is 0 Å². The molecule has 0 unspecified atom stereocenters. The summed E-state index contributed by atoms with van der Waals surface area (Å²) in [6, 6.07) is 9.21. The van der Waals surface area contributed by atoms with Gasteiger partial charge >= 0.3 is 0 Å². The van der Waals surface area contributed by atoms with Crippen LogP contribution in [0.2, 0.25) is 5.02 Å². The molecule has 1 aliphatic carbocycles. The van der Waals surface area contributed by atoms with Crippen LogP contribution in [0.3, 0.4) is 0 Å². The molecule has 3 heterocycles. The van der Waals surface area contributed by atoms with Crippen molar-refractivity contribution < 1.29 is 9.59 Å². The van der Waals surface area contributed by atoms with E-state index >= 15 is 0 Å². The first kappa shape index (κ1) is 22.8. The Morgan fingerprint density at radius 2 is 1.79 bits per heavy atom. The number of nitrogens with zero attached hydrogens (tertiary/aromatic N) is 1. The Kier molecular flexibility index (Phi) is 6.29. The minimum atomic E-state index is -0.618. The van der Waals surface area contributed by atoms with Crippen LogP contribution in [0.15, 0.2) is 35.7 Å². The molecule has 0 aliphatic heterocycles. The van der Waals surface area contributed by atoms with Crippen LogP contribution in [0, 0.1) is 0 Å². The number of anilines is 2. The third-order valence-corrected chi connectivity index (χ3v) is 8.39. The Bertz CT molecular complexity index is 1410. The van der Waals surface area contributed by atoms with Crippen LogP contribution in [-0.4, -0.2) is 16.8 Å². The van der Waals surface area contributed by atoms with E-state index in [4.69, 9.17) is 28.1 Å². The largest absolute Gasteiger partial charge is 0.397 e. The van der Waals surface area contributed by atoms with Gasteiger partial charge in [0.1, 0.15) is 14.7 Å². The van der Waals surface area contributed by atoms with Crippen LogP contribution in [0.25, 0.3) is 21.3 Å². The number of halogens is 1. The Morgan fingerprint density at radius 1 is 1.06 bits per heavy atom. The molecule has 0 spiro atoms. The van der Waals surface area contributed by atoms with E-state index in [1.165, 1.54) is 41.1 Å². The number of aryl methyl sites for hydroxylation is 2. The second-order valence-corrected chi connectivity index (χ2v) is 10.7. The fraction of sp³-hybridized carbons (Fsp3) is 0.240. The zero-order valence-electron chi connectivity index (χ0n) is 18.3. The van der Waals surface area contributed by atoms with Gasteiger partial charge in [-0.05, 0) is 55.0 Å². The first-order valence-electron chi connectivity index (χ1n) is 11.1. The molecular formula is C25H23ClN4O2S2. The van der Waals surface area contributed by atoms with Gasteiger partial charge in [-0.1, -0.05) is 36.6 Å². The van der Waals surface area contributed by atoms with Crippen molar-refractivity contribution in [2.24, 2.45) is 5.73 Å². The fourth-order valence-electron chi connectivity index (χ4n) is 4.38. The van der Waals surface area contributed by atoms with Gasteiger partial charge in [0.05, 0.1) is 11.3 Å². The summed E-state index contributed by atoms with van der Waals surface area (Å²) in [6.07, 6.45) is 6.66. The second kappa shape index (κ2) is 9.37. The highest BCUT2D eigenvalue weighted by molar-refractivity contribution is 7.21. The van der Waals surface area contributed by atoms with Crippen LogP contribution >= 0.6 is 34.3 Å². The van der Waals surface area contributed by atoms with Crippen molar-refractivity contribution in [1.82, 2.24) is 4.98 Å². The number of nitrogen functional groups attached to an aromatic ring is 1. The number of carbonyl (C=O) groups is 2. The normalized spacial score (nSPS) is 13.8. The maximum absolute atomic E-state index is 13.2. The number of amides is 2. The van der Waals surface area contributed by atoms with Gasteiger partial charge < -0.3 is 16.8 Å². The van der Waals surface area contributed by atoms with Crippen LogP contribution in [0.1, 0.15) is 57.0 Å². The lowest BCUT2D eigenvalue weighted by Crippen LogP contribution is -2.17. The topological polar surface area (TPSA) is 111 Å². The fourth-order valence-corrected chi connectivity index (χ4v) is 6.47. The summed E-state index contributed by atoms with van der Waals surface area (Å²) >= 11 is 8.51. The summed E-state index contributed by atoms with van der Waals surface area (Å²) in [4.78, 5) is 31.5. The van der Waals surface area contributed by atoms with Crippen molar-refractivity contribution in [2.45, 2.75) is 38.5 Å². The van der Waals surface area contributed by atoms with E-state index in [9.17, 15) is 9.59 Å². The summed E-state index contributed by atoms with van der Waals surface area (Å²) < 4.78 is 0. The van der Waals surface area contributed by atoms with Crippen LogP contribution < -0.4 is 16.8 Å². The molecule has 4 aromatic rings. The third-order valence-electron chi connectivity index (χ3n) is 6.13. The standard InChI is InChI=1S/C25H23ClN4O2S2/c26-15-9-7-13(8-10-15)17-12-33-25(19(17)22(28)31)30-23(32)21-20(27)16-11-14-5-3-1-2-4-6-18(14)29-24(16)34-21/h7-12H,1-6,27H2,(H2,28,31)(H,30,32). The lowest BCUT2D eigenvalue weighted by Gasteiger charge is -2.12. The summed E-state index contributed by atoms with van der Waals surface area (Å²) in [5.41, 5.74) is 16.6. The molecule has 0 saturated carbocycles. The van der Waals surface area contributed by atoms with Crippen molar-refractivity contribution in [3.05, 3.63) is 62.4 Å². The third kappa shape index (κ3) is 4.29. The Balaban J connectivity index is 1.48. The van der Waals surface area contributed by atoms with Gasteiger partial charge in [-0.25, -0.2) is 4.98 Å². The molecule has 174 valence electrons.